The molecule has 1 heterocycles. The molecule has 0 aliphatic carbocycles. The molecule has 0 radical (unpaired) electrons. The Bertz CT molecular complexity index is 400. The number of para-hydroxylation sites is 1. The summed E-state index contributed by atoms with van der Waals surface area (Å²) in [6, 6.07) is 9.88. The quantitative estimate of drug-likeness (QED) is 0.755. The van der Waals surface area contributed by atoms with Gasteiger partial charge in [-0.25, -0.2) is 4.99 Å². The van der Waals surface area contributed by atoms with Crippen LogP contribution in [0.4, 0.5) is 5.69 Å². The van der Waals surface area contributed by atoms with Crippen LogP contribution in [0.1, 0.15) is 12.8 Å². The smallest absolute Gasteiger partial charge is 0.198 e. The summed E-state index contributed by atoms with van der Waals surface area (Å²) >= 11 is 5.20. The van der Waals surface area contributed by atoms with Crippen LogP contribution in [0.2, 0.25) is 0 Å². The number of nitrogens with one attached hydrogen (secondary N) is 1. The Kier molecular flexibility index (Phi) is 3.51. The van der Waals surface area contributed by atoms with E-state index >= 15 is 0 Å². The standard InChI is InChI=1S/C12H15N3S/c1-15-9-5-8-11(15)14-12(16)13-10-6-3-2-4-7-10/h2-4,6-7H,5,8-9H2,1H3,(H,13,16)/b14-11-. The minimum atomic E-state index is 0.537. The molecule has 0 aromatic heterocycles. The van der Waals surface area contributed by atoms with Crippen LogP contribution in [0.25, 0.3) is 0 Å². The fraction of sp³-hybridized carbons (Fsp3) is 0.333. The van der Waals surface area contributed by atoms with Crippen molar-refractivity contribution >= 4 is 28.9 Å². The first-order valence-electron chi connectivity index (χ1n) is 5.40. The van der Waals surface area contributed by atoms with E-state index in [9.17, 15) is 0 Å². The fourth-order valence-corrected chi connectivity index (χ4v) is 1.95. The van der Waals surface area contributed by atoms with Crippen molar-refractivity contribution in [3.8, 4) is 0 Å². The molecule has 3 nitrogen and oxygen atoms in total. The van der Waals surface area contributed by atoms with E-state index < -0.39 is 0 Å². The van der Waals surface area contributed by atoms with Crippen molar-refractivity contribution in [3.05, 3.63) is 30.3 Å². The highest BCUT2D eigenvalue weighted by atomic mass is 32.1. The molecule has 0 bridgehead atoms. The van der Waals surface area contributed by atoms with Gasteiger partial charge in [0.2, 0.25) is 0 Å². The largest absolute Gasteiger partial charge is 0.363 e. The second-order valence-corrected chi connectivity index (χ2v) is 4.24. The van der Waals surface area contributed by atoms with Gasteiger partial charge in [0.25, 0.3) is 0 Å². The number of aliphatic imine (C=N–C) groups is 1. The molecule has 1 aliphatic heterocycles. The zero-order valence-corrected chi connectivity index (χ0v) is 10.1. The van der Waals surface area contributed by atoms with Crippen LogP contribution in [-0.4, -0.2) is 29.4 Å². The molecule has 1 aliphatic rings. The second-order valence-electron chi connectivity index (χ2n) is 3.85. The maximum Gasteiger partial charge on any atom is 0.198 e. The van der Waals surface area contributed by atoms with Crippen molar-refractivity contribution in [2.24, 2.45) is 4.99 Å². The number of anilines is 1. The molecular formula is C12H15N3S. The normalized spacial score (nSPS) is 17.8. The van der Waals surface area contributed by atoms with Gasteiger partial charge in [-0.05, 0) is 30.8 Å². The van der Waals surface area contributed by atoms with E-state index in [2.05, 4.69) is 22.3 Å². The SMILES string of the molecule is CN1CCC/C1=N/C(=S)Nc1ccccc1. The molecule has 0 spiro atoms. The number of hydrogen-bond donors (Lipinski definition) is 1. The van der Waals surface area contributed by atoms with Gasteiger partial charge >= 0.3 is 0 Å². The summed E-state index contributed by atoms with van der Waals surface area (Å²) in [4.78, 5) is 6.57. The lowest BCUT2D eigenvalue weighted by Crippen LogP contribution is -2.21. The summed E-state index contributed by atoms with van der Waals surface area (Å²) < 4.78 is 0. The van der Waals surface area contributed by atoms with Crippen molar-refractivity contribution in [2.75, 3.05) is 18.9 Å². The lowest BCUT2D eigenvalue weighted by molar-refractivity contribution is 0.550. The van der Waals surface area contributed by atoms with Crippen LogP contribution < -0.4 is 5.32 Å². The molecule has 1 N–H and O–H groups in total. The first-order chi connectivity index (χ1) is 7.75. The molecular weight excluding hydrogens is 218 g/mol. The van der Waals surface area contributed by atoms with Crippen LogP contribution in [0, 0.1) is 0 Å². The zero-order valence-electron chi connectivity index (χ0n) is 9.31. The lowest BCUT2D eigenvalue weighted by atomic mass is 10.3. The van der Waals surface area contributed by atoms with Crippen molar-refractivity contribution < 1.29 is 0 Å². The van der Waals surface area contributed by atoms with Gasteiger partial charge in [-0.2, -0.15) is 0 Å². The Labute approximate surface area is 101 Å². The first kappa shape index (κ1) is 11.1. The molecule has 0 unspecified atom stereocenters. The molecule has 2 rings (SSSR count). The molecule has 0 amide bonds. The lowest BCUT2D eigenvalue weighted by Gasteiger charge is -2.11. The number of benzene rings is 1. The summed E-state index contributed by atoms with van der Waals surface area (Å²) in [5, 5.41) is 3.64. The van der Waals surface area contributed by atoms with Crippen molar-refractivity contribution in [1.82, 2.24) is 4.90 Å². The summed E-state index contributed by atoms with van der Waals surface area (Å²) in [5.74, 6) is 1.08. The van der Waals surface area contributed by atoms with E-state index in [1.54, 1.807) is 0 Å². The van der Waals surface area contributed by atoms with Crippen LogP contribution in [-0.2, 0) is 0 Å². The monoisotopic (exact) mass is 233 g/mol. The third-order valence-corrected chi connectivity index (χ3v) is 2.78. The first-order valence-corrected chi connectivity index (χ1v) is 5.81. The van der Waals surface area contributed by atoms with Gasteiger partial charge in [-0.3, -0.25) is 0 Å². The molecule has 1 saturated heterocycles. The Hall–Kier alpha value is -1.42. The predicted octanol–water partition coefficient (Wildman–Crippen LogP) is 2.51. The van der Waals surface area contributed by atoms with Crippen molar-refractivity contribution in [2.45, 2.75) is 12.8 Å². The Morgan fingerprint density at radius 3 is 2.75 bits per heavy atom. The van der Waals surface area contributed by atoms with Gasteiger partial charge in [-0.1, -0.05) is 18.2 Å². The molecule has 84 valence electrons. The van der Waals surface area contributed by atoms with E-state index in [0.29, 0.717) is 5.11 Å². The van der Waals surface area contributed by atoms with Gasteiger partial charge in [0.15, 0.2) is 5.11 Å². The fourth-order valence-electron chi connectivity index (χ4n) is 1.73. The number of rotatable bonds is 1. The van der Waals surface area contributed by atoms with Crippen LogP contribution >= 0.6 is 12.2 Å². The number of hydrogen-bond acceptors (Lipinski definition) is 1. The average molecular weight is 233 g/mol. The summed E-state index contributed by atoms with van der Waals surface area (Å²) in [6.07, 6.45) is 2.19. The van der Waals surface area contributed by atoms with E-state index in [1.807, 2.05) is 30.3 Å². The number of likely N-dealkylation sites (tertiary alicyclic amines) is 1. The van der Waals surface area contributed by atoms with Crippen LogP contribution in [0.3, 0.4) is 0 Å². The molecule has 1 fully saturated rings. The van der Waals surface area contributed by atoms with E-state index in [-0.39, 0.29) is 0 Å². The third-order valence-electron chi connectivity index (χ3n) is 2.59. The maximum atomic E-state index is 5.20. The Morgan fingerprint density at radius 2 is 2.12 bits per heavy atom. The second kappa shape index (κ2) is 5.07. The van der Waals surface area contributed by atoms with Gasteiger partial charge in [0, 0.05) is 25.7 Å². The topological polar surface area (TPSA) is 27.6 Å². The summed E-state index contributed by atoms with van der Waals surface area (Å²) in [7, 11) is 2.05. The van der Waals surface area contributed by atoms with Gasteiger partial charge in [0.05, 0.1) is 0 Å². The van der Waals surface area contributed by atoms with E-state index in [4.69, 9.17) is 12.2 Å². The number of amidine groups is 1. The minimum Gasteiger partial charge on any atom is -0.363 e. The number of nitrogens with zero attached hydrogens (tertiary/aromatic N) is 2. The highest BCUT2D eigenvalue weighted by Crippen LogP contribution is 2.10. The minimum absolute atomic E-state index is 0.537. The van der Waals surface area contributed by atoms with Gasteiger partial charge in [0.1, 0.15) is 5.84 Å². The number of thiocarbonyl (C=S) groups is 1. The van der Waals surface area contributed by atoms with Crippen LogP contribution in [0.5, 0.6) is 0 Å². The average Bonchev–Trinajstić information content (AvgIpc) is 2.66. The molecule has 4 heteroatoms. The maximum absolute atomic E-state index is 5.20. The van der Waals surface area contributed by atoms with E-state index in [0.717, 1.165) is 24.5 Å². The molecule has 1 aromatic carbocycles. The van der Waals surface area contributed by atoms with Crippen molar-refractivity contribution in [1.29, 1.82) is 0 Å². The summed E-state index contributed by atoms with van der Waals surface area (Å²) in [5.41, 5.74) is 0.984. The summed E-state index contributed by atoms with van der Waals surface area (Å²) in [6.45, 7) is 1.08. The highest BCUT2D eigenvalue weighted by Gasteiger charge is 2.14. The Morgan fingerprint density at radius 1 is 1.38 bits per heavy atom. The Balaban J connectivity index is 1.99. The highest BCUT2D eigenvalue weighted by molar-refractivity contribution is 7.80. The zero-order chi connectivity index (χ0) is 11.4. The molecule has 0 saturated carbocycles. The third kappa shape index (κ3) is 2.79. The van der Waals surface area contributed by atoms with Crippen molar-refractivity contribution in [3.63, 3.8) is 0 Å². The molecule has 0 atom stereocenters. The molecule has 1 aromatic rings. The van der Waals surface area contributed by atoms with Gasteiger partial charge in [-0.15, -0.1) is 0 Å². The predicted molar refractivity (Wildman–Crippen MR) is 72.0 cm³/mol. The molecule has 16 heavy (non-hydrogen) atoms. The van der Waals surface area contributed by atoms with Crippen LogP contribution in [0.15, 0.2) is 35.3 Å². The van der Waals surface area contributed by atoms with E-state index in [1.165, 1.54) is 6.42 Å². The van der Waals surface area contributed by atoms with Gasteiger partial charge < -0.3 is 10.2 Å².